The Bertz CT molecular complexity index is 78.4. The summed E-state index contributed by atoms with van der Waals surface area (Å²) in [6.45, 7) is 22.5. The summed E-state index contributed by atoms with van der Waals surface area (Å²) in [5, 5.41) is 0. The Balaban J connectivity index is -0.00000000500. The molecule has 0 rings (SSSR count). The Hall–Kier alpha value is -0.322. The molecule has 5 nitrogen and oxygen atoms in total. The molecule has 0 fully saturated rings. The summed E-state index contributed by atoms with van der Waals surface area (Å²) in [6, 6.07) is 0. The standard InChI is InChI=1S/5CO.ClH.W/c5*1-2;;/h;;;;;1H;/p-1. The van der Waals surface area contributed by atoms with Crippen LogP contribution in [0.4, 0.5) is 0 Å². The third-order valence-corrected chi connectivity index (χ3v) is 0. The summed E-state index contributed by atoms with van der Waals surface area (Å²) >= 11 is 0. The van der Waals surface area contributed by atoms with E-state index in [1.807, 2.05) is 0 Å². The van der Waals surface area contributed by atoms with Gasteiger partial charge in [-0.2, -0.15) is 0 Å². The van der Waals surface area contributed by atoms with Crippen LogP contribution in [0, 0.1) is 33.3 Å². The van der Waals surface area contributed by atoms with E-state index >= 15 is 0 Å². The molecule has 0 aromatic heterocycles. The van der Waals surface area contributed by atoms with Crippen molar-refractivity contribution in [3.05, 3.63) is 33.3 Å². The van der Waals surface area contributed by atoms with E-state index in [4.69, 9.17) is 23.3 Å². The molecule has 0 aliphatic rings. The van der Waals surface area contributed by atoms with E-state index in [0.29, 0.717) is 0 Å². The van der Waals surface area contributed by atoms with Crippen molar-refractivity contribution in [2.24, 2.45) is 0 Å². The predicted octanol–water partition coefficient (Wildman–Crippen LogP) is -3.19. The van der Waals surface area contributed by atoms with E-state index in [9.17, 15) is 0 Å². The number of hydrogen-bond donors (Lipinski definition) is 0. The molecule has 0 unspecified atom stereocenters. The number of halogens is 1. The van der Waals surface area contributed by atoms with Crippen LogP contribution in [0.1, 0.15) is 0 Å². The van der Waals surface area contributed by atoms with E-state index in [2.05, 4.69) is 33.3 Å². The zero-order valence-corrected chi connectivity index (χ0v) is 9.02. The molecule has 0 aromatic rings. The molecule has 0 N–H and O–H groups in total. The molecule has 0 saturated heterocycles. The molecule has 7 heteroatoms. The van der Waals surface area contributed by atoms with Gasteiger partial charge in [0.25, 0.3) is 0 Å². The summed E-state index contributed by atoms with van der Waals surface area (Å²) < 4.78 is 37.5. The zero-order valence-electron chi connectivity index (χ0n) is 5.33. The zero-order chi connectivity index (χ0) is 10.0. The third-order valence-electron chi connectivity index (χ3n) is 0. The maximum absolute atomic E-state index is 7.50. The first-order valence-corrected chi connectivity index (χ1v) is 1.02. The van der Waals surface area contributed by atoms with Gasteiger partial charge in [0.15, 0.2) is 0 Å². The number of rotatable bonds is 0. The van der Waals surface area contributed by atoms with E-state index in [0.717, 1.165) is 0 Å². The SMILES string of the molecule is [C-]#[O+].[C-]#[O+].[C-]#[O+].[C-]#[O+].[C-]#[O+].[Cl-].[W]. The average molecular weight is 359 g/mol. The van der Waals surface area contributed by atoms with Crippen LogP contribution in [-0.2, 0) is 44.3 Å². The molecule has 0 spiro atoms. The maximum atomic E-state index is 7.50. The number of hydrogen-bond acceptors (Lipinski definition) is 0. The molecule has 0 saturated carbocycles. The van der Waals surface area contributed by atoms with Crippen molar-refractivity contribution in [2.45, 2.75) is 0 Å². The van der Waals surface area contributed by atoms with Crippen molar-refractivity contribution in [3.63, 3.8) is 0 Å². The monoisotopic (exact) mass is 359 g/mol. The molecule has 64 valence electrons. The van der Waals surface area contributed by atoms with Crippen LogP contribution < -0.4 is 12.4 Å². The predicted molar refractivity (Wildman–Crippen MR) is 19.6 cm³/mol. The van der Waals surface area contributed by atoms with E-state index < -0.39 is 0 Å². The van der Waals surface area contributed by atoms with Crippen molar-refractivity contribution in [1.29, 1.82) is 0 Å². The van der Waals surface area contributed by atoms with Crippen molar-refractivity contribution >= 4 is 0 Å². The summed E-state index contributed by atoms with van der Waals surface area (Å²) in [6.07, 6.45) is 0. The molecule has 0 aliphatic heterocycles. The minimum absolute atomic E-state index is 0. The quantitative estimate of drug-likeness (QED) is 0.322. The van der Waals surface area contributed by atoms with Crippen LogP contribution in [0.2, 0.25) is 0 Å². The van der Waals surface area contributed by atoms with Gasteiger partial charge in [-0.3, -0.25) is 0 Å². The van der Waals surface area contributed by atoms with Crippen molar-refractivity contribution < 1.29 is 56.7 Å². The van der Waals surface area contributed by atoms with Crippen LogP contribution in [0.15, 0.2) is 0 Å². The fourth-order valence-corrected chi connectivity index (χ4v) is 0. The minimum atomic E-state index is 0. The van der Waals surface area contributed by atoms with Crippen LogP contribution >= 0.6 is 0 Å². The van der Waals surface area contributed by atoms with Gasteiger partial charge in [-0.15, -0.1) is 0 Å². The first-order chi connectivity index (χ1) is 5.00. The van der Waals surface area contributed by atoms with Crippen molar-refractivity contribution in [3.8, 4) is 0 Å². The molecule has 0 heterocycles. The van der Waals surface area contributed by atoms with Gasteiger partial charge in [-0.25, -0.2) is 0 Å². The Morgan fingerprint density at radius 3 is 0.417 bits per heavy atom. The van der Waals surface area contributed by atoms with Gasteiger partial charge in [-0.05, 0) is 0 Å². The largest absolute Gasteiger partial charge is 1.00 e. The van der Waals surface area contributed by atoms with Gasteiger partial charge >= 0.3 is 56.5 Å². The second-order valence-corrected chi connectivity index (χ2v) is 0. The van der Waals surface area contributed by atoms with Crippen LogP contribution in [0.25, 0.3) is 0 Å². The van der Waals surface area contributed by atoms with Crippen molar-refractivity contribution in [2.75, 3.05) is 0 Å². The van der Waals surface area contributed by atoms with Gasteiger partial charge in [0.1, 0.15) is 0 Å². The Labute approximate surface area is 90.2 Å². The second-order valence-electron chi connectivity index (χ2n) is 0. The molecule has 0 aromatic carbocycles. The summed E-state index contributed by atoms with van der Waals surface area (Å²) in [4.78, 5) is 0. The molecule has 0 radical (unpaired) electrons. The van der Waals surface area contributed by atoms with Crippen LogP contribution in [0.5, 0.6) is 0 Å². The summed E-state index contributed by atoms with van der Waals surface area (Å²) in [7, 11) is 0. The molecule has 0 bridgehead atoms. The molecule has 0 aliphatic carbocycles. The van der Waals surface area contributed by atoms with E-state index in [1.165, 1.54) is 0 Å². The van der Waals surface area contributed by atoms with Crippen molar-refractivity contribution in [1.82, 2.24) is 0 Å². The van der Waals surface area contributed by atoms with E-state index in [1.54, 1.807) is 0 Å². The second kappa shape index (κ2) is 9670. The Kier molecular flexibility index (Phi) is 49000. The molecule has 0 atom stereocenters. The molecule has 12 heavy (non-hydrogen) atoms. The van der Waals surface area contributed by atoms with Gasteiger partial charge in [-0.1, -0.05) is 0 Å². The van der Waals surface area contributed by atoms with E-state index in [-0.39, 0.29) is 33.5 Å². The van der Waals surface area contributed by atoms with Crippen LogP contribution in [-0.4, -0.2) is 0 Å². The van der Waals surface area contributed by atoms with Gasteiger partial charge < -0.3 is 12.4 Å². The molecule has 0 amide bonds. The average Bonchev–Trinajstić information content (AvgIpc) is 2.20. The normalized spacial score (nSPS) is 0.833. The summed E-state index contributed by atoms with van der Waals surface area (Å²) in [5.41, 5.74) is 0. The third kappa shape index (κ3) is 7040. The maximum Gasteiger partial charge on any atom is 0 e. The fourth-order valence-electron chi connectivity index (χ4n) is 0. The molecular weight excluding hydrogens is 359 g/mol. The first-order valence-electron chi connectivity index (χ1n) is 1.02. The van der Waals surface area contributed by atoms with Gasteiger partial charge in [0, 0.05) is 21.1 Å². The smallest absolute Gasteiger partial charge is 0 e. The van der Waals surface area contributed by atoms with Gasteiger partial charge in [0.05, 0.1) is 0 Å². The first kappa shape index (κ1) is 60.8. The Morgan fingerprint density at radius 2 is 0.417 bits per heavy atom. The van der Waals surface area contributed by atoms with Gasteiger partial charge in [0.2, 0.25) is 0 Å². The van der Waals surface area contributed by atoms with Crippen LogP contribution in [0.3, 0.4) is 0 Å². The minimum Gasteiger partial charge on any atom is -1.00 e. The fraction of sp³-hybridized carbons (Fsp3) is 0. The topological polar surface area (TPSA) is 99.5 Å². The molecular formula is C5ClO5W-. The Morgan fingerprint density at radius 1 is 0.417 bits per heavy atom. The summed E-state index contributed by atoms with van der Waals surface area (Å²) in [5.74, 6) is 0.